The Balaban J connectivity index is 2.56. The Kier molecular flexibility index (Phi) is 6.71. The number of rotatable bonds is 8. The second-order valence-corrected chi connectivity index (χ2v) is 5.73. The Labute approximate surface area is 122 Å². The Morgan fingerprint density at radius 1 is 1.15 bits per heavy atom. The van der Waals surface area contributed by atoms with E-state index in [0.717, 1.165) is 31.1 Å². The molecule has 0 saturated heterocycles. The molecule has 114 valence electrons. The molecule has 0 atom stereocenters. The van der Waals surface area contributed by atoms with E-state index in [9.17, 15) is 0 Å². The molecule has 20 heavy (non-hydrogen) atoms. The second-order valence-electron chi connectivity index (χ2n) is 5.73. The summed E-state index contributed by atoms with van der Waals surface area (Å²) in [5, 5.41) is 3.04. The third-order valence-corrected chi connectivity index (χ3v) is 2.75. The maximum atomic E-state index is 5.65. The number of unbranched alkanes of at least 4 members (excludes halogenated alkanes) is 1. The Morgan fingerprint density at radius 3 is 2.50 bits per heavy atom. The van der Waals surface area contributed by atoms with Crippen LogP contribution in [0.2, 0.25) is 0 Å². The molecule has 0 aliphatic heterocycles. The number of aromatic nitrogens is 2. The molecule has 0 aromatic carbocycles. The molecule has 5 heteroatoms. The van der Waals surface area contributed by atoms with Crippen molar-refractivity contribution >= 4 is 5.82 Å². The van der Waals surface area contributed by atoms with E-state index >= 15 is 0 Å². The summed E-state index contributed by atoms with van der Waals surface area (Å²) in [4.78, 5) is 8.92. The minimum absolute atomic E-state index is 0.109. The lowest BCUT2D eigenvalue weighted by molar-refractivity contribution is 0.0963. The van der Waals surface area contributed by atoms with Crippen LogP contribution in [0.15, 0.2) is 6.07 Å². The summed E-state index contributed by atoms with van der Waals surface area (Å²) in [5.41, 5.74) is -0.109. The van der Waals surface area contributed by atoms with Crippen LogP contribution in [-0.4, -0.2) is 36.8 Å². The summed E-state index contributed by atoms with van der Waals surface area (Å²) >= 11 is 0. The first kappa shape index (κ1) is 16.7. The standard InChI is InChI=1S/C15H27N3O2/c1-6-7-8-19-9-10-20-13-11-12(16-5)17-14(18-13)15(2,3)4/h11H,6-10H2,1-5H3,(H,16,17,18). The van der Waals surface area contributed by atoms with Crippen LogP contribution in [-0.2, 0) is 10.2 Å². The topological polar surface area (TPSA) is 56.3 Å². The predicted octanol–water partition coefficient (Wildman–Crippen LogP) is 3.01. The summed E-state index contributed by atoms with van der Waals surface area (Å²) in [5.74, 6) is 2.13. The van der Waals surface area contributed by atoms with E-state index in [4.69, 9.17) is 9.47 Å². The molecular formula is C15H27N3O2. The first-order valence-electron chi connectivity index (χ1n) is 7.25. The van der Waals surface area contributed by atoms with Crippen molar-refractivity contribution in [1.29, 1.82) is 0 Å². The van der Waals surface area contributed by atoms with Gasteiger partial charge in [0.15, 0.2) is 0 Å². The summed E-state index contributed by atoms with van der Waals surface area (Å²) in [7, 11) is 1.84. The number of ether oxygens (including phenoxy) is 2. The van der Waals surface area contributed by atoms with Crippen molar-refractivity contribution in [3.8, 4) is 5.88 Å². The summed E-state index contributed by atoms with van der Waals surface area (Å²) in [6.07, 6.45) is 2.23. The first-order chi connectivity index (χ1) is 9.47. The van der Waals surface area contributed by atoms with Gasteiger partial charge >= 0.3 is 0 Å². The molecule has 0 spiro atoms. The molecule has 1 heterocycles. The molecular weight excluding hydrogens is 254 g/mol. The van der Waals surface area contributed by atoms with Crippen LogP contribution in [0.1, 0.15) is 46.4 Å². The van der Waals surface area contributed by atoms with Crippen molar-refractivity contribution in [2.75, 3.05) is 32.2 Å². The molecule has 1 aromatic heterocycles. The van der Waals surface area contributed by atoms with Crippen LogP contribution in [0, 0.1) is 0 Å². The average molecular weight is 281 g/mol. The highest BCUT2D eigenvalue weighted by atomic mass is 16.5. The zero-order valence-corrected chi connectivity index (χ0v) is 13.3. The quantitative estimate of drug-likeness (QED) is 0.742. The fourth-order valence-corrected chi connectivity index (χ4v) is 1.52. The van der Waals surface area contributed by atoms with E-state index in [-0.39, 0.29) is 5.41 Å². The van der Waals surface area contributed by atoms with E-state index in [1.165, 1.54) is 0 Å². The highest BCUT2D eigenvalue weighted by Gasteiger charge is 2.19. The van der Waals surface area contributed by atoms with Crippen molar-refractivity contribution in [1.82, 2.24) is 9.97 Å². The normalized spacial score (nSPS) is 11.4. The number of anilines is 1. The molecule has 0 saturated carbocycles. The van der Waals surface area contributed by atoms with Gasteiger partial charge < -0.3 is 14.8 Å². The SMILES string of the molecule is CCCCOCCOc1cc(NC)nc(C(C)(C)C)n1. The van der Waals surface area contributed by atoms with Gasteiger partial charge in [-0.05, 0) is 6.42 Å². The summed E-state index contributed by atoms with van der Waals surface area (Å²) < 4.78 is 11.1. The average Bonchev–Trinajstić information content (AvgIpc) is 2.41. The van der Waals surface area contributed by atoms with E-state index in [1.807, 2.05) is 7.05 Å². The maximum Gasteiger partial charge on any atom is 0.218 e. The van der Waals surface area contributed by atoms with E-state index in [0.29, 0.717) is 19.1 Å². The zero-order valence-electron chi connectivity index (χ0n) is 13.3. The third-order valence-electron chi connectivity index (χ3n) is 2.75. The molecule has 0 bridgehead atoms. The van der Waals surface area contributed by atoms with Crippen molar-refractivity contribution in [3.63, 3.8) is 0 Å². The van der Waals surface area contributed by atoms with Gasteiger partial charge in [-0.2, -0.15) is 4.98 Å². The molecule has 0 unspecified atom stereocenters. The Bertz CT molecular complexity index is 403. The highest BCUT2D eigenvalue weighted by molar-refractivity contribution is 5.38. The van der Waals surface area contributed by atoms with Gasteiger partial charge in [0.1, 0.15) is 18.2 Å². The fourth-order valence-electron chi connectivity index (χ4n) is 1.52. The smallest absolute Gasteiger partial charge is 0.218 e. The number of nitrogens with one attached hydrogen (secondary N) is 1. The van der Waals surface area contributed by atoms with E-state index in [1.54, 1.807) is 6.07 Å². The van der Waals surface area contributed by atoms with Crippen molar-refractivity contribution < 1.29 is 9.47 Å². The van der Waals surface area contributed by atoms with Crippen LogP contribution < -0.4 is 10.1 Å². The zero-order chi connectivity index (χ0) is 15.0. The maximum absolute atomic E-state index is 5.65. The van der Waals surface area contributed by atoms with Crippen LogP contribution in [0.25, 0.3) is 0 Å². The monoisotopic (exact) mass is 281 g/mol. The van der Waals surface area contributed by atoms with Crippen molar-refractivity contribution in [2.24, 2.45) is 0 Å². The molecule has 0 amide bonds. The first-order valence-corrected chi connectivity index (χ1v) is 7.25. The fraction of sp³-hybridized carbons (Fsp3) is 0.733. The van der Waals surface area contributed by atoms with Crippen LogP contribution in [0.5, 0.6) is 5.88 Å². The van der Waals surface area contributed by atoms with Crippen LogP contribution in [0.3, 0.4) is 0 Å². The summed E-state index contributed by atoms with van der Waals surface area (Å²) in [6, 6.07) is 1.81. The second kappa shape index (κ2) is 8.04. The minimum atomic E-state index is -0.109. The lowest BCUT2D eigenvalue weighted by Gasteiger charge is -2.18. The van der Waals surface area contributed by atoms with Crippen LogP contribution in [0.4, 0.5) is 5.82 Å². The molecule has 0 aliphatic rings. The molecule has 1 rings (SSSR count). The van der Waals surface area contributed by atoms with Gasteiger partial charge in [-0.25, -0.2) is 4.98 Å². The summed E-state index contributed by atoms with van der Waals surface area (Å²) in [6.45, 7) is 10.3. The number of hydrogen-bond acceptors (Lipinski definition) is 5. The van der Waals surface area contributed by atoms with Gasteiger partial charge in [0.2, 0.25) is 5.88 Å². The van der Waals surface area contributed by atoms with E-state index in [2.05, 4.69) is 43.0 Å². The van der Waals surface area contributed by atoms with Gasteiger partial charge in [-0.1, -0.05) is 34.1 Å². The van der Waals surface area contributed by atoms with Gasteiger partial charge in [-0.15, -0.1) is 0 Å². The van der Waals surface area contributed by atoms with E-state index < -0.39 is 0 Å². The molecule has 5 nitrogen and oxygen atoms in total. The molecule has 0 aliphatic carbocycles. The van der Waals surface area contributed by atoms with Gasteiger partial charge in [0, 0.05) is 25.1 Å². The Hall–Kier alpha value is -1.36. The van der Waals surface area contributed by atoms with Gasteiger partial charge in [0.25, 0.3) is 0 Å². The van der Waals surface area contributed by atoms with Crippen molar-refractivity contribution in [2.45, 2.75) is 46.0 Å². The third kappa shape index (κ3) is 5.74. The largest absolute Gasteiger partial charge is 0.475 e. The molecule has 0 radical (unpaired) electrons. The molecule has 1 N–H and O–H groups in total. The lowest BCUT2D eigenvalue weighted by atomic mass is 9.96. The Morgan fingerprint density at radius 2 is 1.90 bits per heavy atom. The molecule has 1 aromatic rings. The lowest BCUT2D eigenvalue weighted by Crippen LogP contribution is -2.18. The van der Waals surface area contributed by atoms with Gasteiger partial charge in [-0.3, -0.25) is 0 Å². The minimum Gasteiger partial charge on any atom is -0.475 e. The highest BCUT2D eigenvalue weighted by Crippen LogP contribution is 2.23. The number of nitrogens with zero attached hydrogens (tertiary/aromatic N) is 2. The number of hydrogen-bond donors (Lipinski definition) is 1. The van der Waals surface area contributed by atoms with Crippen LogP contribution >= 0.6 is 0 Å². The van der Waals surface area contributed by atoms with Crippen molar-refractivity contribution in [3.05, 3.63) is 11.9 Å². The van der Waals surface area contributed by atoms with Gasteiger partial charge in [0.05, 0.1) is 6.61 Å². The predicted molar refractivity (Wildman–Crippen MR) is 81.5 cm³/mol. The molecule has 0 fully saturated rings.